The molecule has 2 saturated heterocycles. The van der Waals surface area contributed by atoms with E-state index >= 15 is 0 Å². The van der Waals surface area contributed by atoms with Crippen LogP contribution < -0.4 is 0 Å². The van der Waals surface area contributed by atoms with Crippen molar-refractivity contribution >= 4 is 13.6 Å². The number of aliphatic carboxylic acids is 1. The van der Waals surface area contributed by atoms with E-state index in [-0.39, 0.29) is 18.4 Å². The normalized spacial score (nSPS) is 42.5. The van der Waals surface area contributed by atoms with Crippen molar-refractivity contribution in [1.82, 2.24) is 0 Å². The van der Waals surface area contributed by atoms with Crippen molar-refractivity contribution in [1.29, 1.82) is 0 Å². The molecule has 0 aromatic heterocycles. The van der Waals surface area contributed by atoms with Gasteiger partial charge in [0.1, 0.15) is 12.2 Å². The van der Waals surface area contributed by atoms with Gasteiger partial charge in [-0.15, -0.1) is 0 Å². The van der Waals surface area contributed by atoms with Crippen molar-refractivity contribution in [3.05, 3.63) is 0 Å². The molecule has 2 aliphatic heterocycles. The highest BCUT2D eigenvalue weighted by Gasteiger charge is 2.49. The lowest BCUT2D eigenvalue weighted by Gasteiger charge is -2.47. The number of aliphatic hydroxyl groups is 3. The molecule has 0 radical (unpaired) electrons. The van der Waals surface area contributed by atoms with E-state index in [2.05, 4.69) is 0 Å². The molecular weight excluding hydrogens is 459 g/mol. The molecule has 194 valence electrons. The SMILES string of the molecule is CC[C@H]1O[C@@H](OP(C)(=O)OC[C@H](C)C(=O)O)[C@H](O[C@@H]2OC(CO)[C@@H](O)[C@H](C)C2C)C(C)C1O. The summed E-state index contributed by atoms with van der Waals surface area (Å²) in [6, 6.07) is 0. The number of carboxylic acids is 1. The standard InChI is InChI=1S/C21H39O11P/c1-7-14-17(24)13(5)18(31-20-12(4)11(3)16(23)15(8-22)30-20)21(29-14)32-33(6,27)28-9-10(2)19(25)26/h10-18,20-24H,7-9H2,1-6H3,(H,25,26)/t10-,11+,12?,13?,14+,15?,16-,17?,18+,20-,21-,33?/m0/s1. The van der Waals surface area contributed by atoms with Crippen LogP contribution >= 0.6 is 7.60 Å². The minimum atomic E-state index is -3.75. The summed E-state index contributed by atoms with van der Waals surface area (Å²) < 4.78 is 41.7. The van der Waals surface area contributed by atoms with Crippen molar-refractivity contribution in [2.45, 2.75) is 84.1 Å². The van der Waals surface area contributed by atoms with E-state index < -0.39 is 75.1 Å². The Morgan fingerprint density at radius 1 is 1.03 bits per heavy atom. The van der Waals surface area contributed by atoms with Gasteiger partial charge in [-0.25, -0.2) is 0 Å². The predicted octanol–water partition coefficient (Wildman–Crippen LogP) is 1.43. The fraction of sp³-hybridized carbons (Fsp3) is 0.952. The monoisotopic (exact) mass is 498 g/mol. The van der Waals surface area contributed by atoms with Crippen LogP contribution in [0.25, 0.3) is 0 Å². The van der Waals surface area contributed by atoms with E-state index in [1.165, 1.54) is 13.6 Å². The fourth-order valence-corrected chi connectivity index (χ4v) is 5.10. The zero-order valence-electron chi connectivity index (χ0n) is 20.1. The maximum absolute atomic E-state index is 13.0. The highest BCUT2D eigenvalue weighted by atomic mass is 31.2. The Morgan fingerprint density at radius 3 is 2.15 bits per heavy atom. The number of rotatable bonds is 10. The van der Waals surface area contributed by atoms with Crippen molar-refractivity contribution < 1.29 is 53.0 Å². The number of carboxylic acid groups (broad SMARTS) is 1. The number of hydrogen-bond acceptors (Lipinski definition) is 10. The lowest BCUT2D eigenvalue weighted by molar-refractivity contribution is -0.336. The second-order valence-electron chi connectivity index (χ2n) is 9.25. The van der Waals surface area contributed by atoms with Crippen LogP contribution in [0.5, 0.6) is 0 Å². The highest BCUT2D eigenvalue weighted by Crippen LogP contribution is 2.49. The number of carbonyl (C=O) groups is 1. The second kappa shape index (κ2) is 11.9. The summed E-state index contributed by atoms with van der Waals surface area (Å²) in [5.74, 6) is -2.99. The van der Waals surface area contributed by atoms with Crippen LogP contribution in [0.2, 0.25) is 0 Å². The zero-order chi connectivity index (χ0) is 25.1. The molecule has 0 saturated carbocycles. The van der Waals surface area contributed by atoms with Gasteiger partial charge in [-0.1, -0.05) is 27.7 Å². The first-order chi connectivity index (χ1) is 15.3. The summed E-state index contributed by atoms with van der Waals surface area (Å²) in [6.45, 7) is 9.18. The summed E-state index contributed by atoms with van der Waals surface area (Å²) in [4.78, 5) is 11.0. The lowest BCUT2D eigenvalue weighted by atomic mass is 9.84. The second-order valence-corrected chi connectivity index (χ2v) is 11.3. The number of hydrogen-bond donors (Lipinski definition) is 4. The Balaban J connectivity index is 2.21. The average Bonchev–Trinajstić information content (AvgIpc) is 2.76. The van der Waals surface area contributed by atoms with Gasteiger partial charge in [0.05, 0.1) is 37.4 Å². The topological polar surface area (TPSA) is 161 Å². The Bertz CT molecular complexity index is 689. The molecule has 0 bridgehead atoms. The molecule has 0 spiro atoms. The van der Waals surface area contributed by atoms with Crippen LogP contribution in [0.15, 0.2) is 0 Å². The van der Waals surface area contributed by atoms with Gasteiger partial charge >= 0.3 is 13.6 Å². The van der Waals surface area contributed by atoms with Crippen LogP contribution in [0.3, 0.4) is 0 Å². The van der Waals surface area contributed by atoms with Gasteiger partial charge in [0.15, 0.2) is 12.6 Å². The van der Waals surface area contributed by atoms with E-state index in [4.69, 9.17) is 28.4 Å². The smallest absolute Gasteiger partial charge is 0.330 e. The van der Waals surface area contributed by atoms with Crippen LogP contribution in [0, 0.1) is 23.7 Å². The minimum absolute atomic E-state index is 0.244. The van der Waals surface area contributed by atoms with E-state index in [9.17, 15) is 24.7 Å². The maximum atomic E-state index is 13.0. The molecule has 2 heterocycles. The minimum Gasteiger partial charge on any atom is -0.481 e. The zero-order valence-corrected chi connectivity index (χ0v) is 21.0. The molecule has 4 N–H and O–H groups in total. The molecule has 0 aromatic carbocycles. The van der Waals surface area contributed by atoms with E-state index in [1.807, 2.05) is 20.8 Å². The van der Waals surface area contributed by atoms with Crippen molar-refractivity contribution in [3.63, 3.8) is 0 Å². The van der Waals surface area contributed by atoms with Gasteiger partial charge in [-0.2, -0.15) is 0 Å². The van der Waals surface area contributed by atoms with Gasteiger partial charge in [0.25, 0.3) is 0 Å². The summed E-state index contributed by atoms with van der Waals surface area (Å²) in [5.41, 5.74) is 0. The summed E-state index contributed by atoms with van der Waals surface area (Å²) >= 11 is 0. The molecule has 2 fully saturated rings. The van der Waals surface area contributed by atoms with Crippen molar-refractivity contribution in [2.75, 3.05) is 19.9 Å². The van der Waals surface area contributed by atoms with Crippen LogP contribution in [-0.4, -0.2) is 89.4 Å². The first-order valence-electron chi connectivity index (χ1n) is 11.4. The van der Waals surface area contributed by atoms with Gasteiger partial charge in [-0.05, 0) is 19.3 Å². The van der Waals surface area contributed by atoms with Gasteiger partial charge < -0.3 is 39.2 Å². The van der Waals surface area contributed by atoms with Gasteiger partial charge in [0, 0.05) is 18.5 Å². The third-order valence-electron chi connectivity index (χ3n) is 6.65. The van der Waals surface area contributed by atoms with Crippen LogP contribution in [0.4, 0.5) is 0 Å². The van der Waals surface area contributed by atoms with E-state index in [0.717, 1.165) is 0 Å². The number of ether oxygens (including phenoxy) is 3. The molecule has 2 aliphatic rings. The highest BCUT2D eigenvalue weighted by molar-refractivity contribution is 7.53. The largest absolute Gasteiger partial charge is 0.481 e. The molecule has 12 atom stereocenters. The molecule has 2 rings (SSSR count). The Labute approximate surface area is 194 Å². The van der Waals surface area contributed by atoms with Crippen LogP contribution in [0.1, 0.15) is 41.0 Å². The fourth-order valence-electron chi connectivity index (χ4n) is 4.00. The molecule has 0 amide bonds. The lowest BCUT2D eigenvalue weighted by Crippen LogP contribution is -2.58. The summed E-state index contributed by atoms with van der Waals surface area (Å²) in [6.07, 6.45) is -5.68. The Morgan fingerprint density at radius 2 is 1.61 bits per heavy atom. The third kappa shape index (κ3) is 6.96. The molecule has 0 aromatic rings. The predicted molar refractivity (Wildman–Crippen MR) is 116 cm³/mol. The first kappa shape index (κ1) is 28.6. The Hall–Kier alpha value is -0.620. The molecule has 0 aliphatic carbocycles. The summed E-state index contributed by atoms with van der Waals surface area (Å²) in [5, 5.41) is 39.6. The molecular formula is C21H39O11P. The summed E-state index contributed by atoms with van der Waals surface area (Å²) in [7, 11) is -3.75. The van der Waals surface area contributed by atoms with Gasteiger partial charge in [-0.3, -0.25) is 13.9 Å². The van der Waals surface area contributed by atoms with Crippen LogP contribution in [-0.2, 0) is 32.6 Å². The first-order valence-corrected chi connectivity index (χ1v) is 13.4. The van der Waals surface area contributed by atoms with Crippen molar-refractivity contribution in [2.24, 2.45) is 23.7 Å². The number of aliphatic hydroxyl groups excluding tert-OH is 3. The Kier molecular flexibility index (Phi) is 10.3. The molecule has 11 nitrogen and oxygen atoms in total. The van der Waals surface area contributed by atoms with E-state index in [0.29, 0.717) is 6.42 Å². The quantitative estimate of drug-likeness (QED) is 0.322. The van der Waals surface area contributed by atoms with Crippen molar-refractivity contribution in [3.8, 4) is 0 Å². The molecule has 33 heavy (non-hydrogen) atoms. The maximum Gasteiger partial charge on any atom is 0.330 e. The van der Waals surface area contributed by atoms with Gasteiger partial charge in [0.2, 0.25) is 0 Å². The average molecular weight is 499 g/mol. The molecule has 12 heteroatoms. The van der Waals surface area contributed by atoms with E-state index in [1.54, 1.807) is 6.92 Å². The third-order valence-corrected chi connectivity index (χ3v) is 7.86. The molecule has 5 unspecified atom stereocenters.